The zero-order chi connectivity index (χ0) is 12.1. The number of hydrogen-bond acceptors (Lipinski definition) is 5. The maximum Gasteiger partial charge on any atom is 0.120 e. The number of nitriles is 4. The minimum atomic E-state index is -0.977. The Hall–Kier alpha value is -2.86. The van der Waals surface area contributed by atoms with E-state index in [9.17, 15) is 0 Å². The normalized spacial score (nSPS) is 10.3. The number of nitrogens with two attached hydrogens (primary N) is 1. The van der Waals surface area contributed by atoms with Crippen LogP contribution in [-0.4, -0.2) is 0 Å². The fraction of sp³-hybridized carbons (Fsp3) is 0.0909. The van der Waals surface area contributed by atoms with Crippen molar-refractivity contribution in [1.29, 1.82) is 21.0 Å². The molecule has 0 saturated heterocycles. The lowest BCUT2D eigenvalue weighted by molar-refractivity contribution is 0.919. The van der Waals surface area contributed by atoms with Gasteiger partial charge in [0.15, 0.2) is 0 Å². The highest BCUT2D eigenvalue weighted by atomic mass is 14.6. The molecule has 0 bridgehead atoms. The summed E-state index contributed by atoms with van der Waals surface area (Å²) in [5, 5.41) is 35.2. The van der Waals surface area contributed by atoms with Crippen LogP contribution in [0.4, 0.5) is 0 Å². The molecule has 16 heavy (non-hydrogen) atoms. The van der Waals surface area contributed by atoms with Gasteiger partial charge in [-0.25, -0.2) is 0 Å². The molecule has 0 heterocycles. The Morgan fingerprint density at radius 1 is 0.938 bits per heavy atom. The Morgan fingerprint density at radius 3 is 2.00 bits per heavy atom. The van der Waals surface area contributed by atoms with Crippen molar-refractivity contribution in [3.63, 3.8) is 0 Å². The Bertz CT molecular complexity index is 589. The van der Waals surface area contributed by atoms with Gasteiger partial charge >= 0.3 is 0 Å². The molecular formula is C11H5N5. The van der Waals surface area contributed by atoms with Gasteiger partial charge in [0, 0.05) is 5.56 Å². The molecule has 5 heteroatoms. The molecule has 5 nitrogen and oxygen atoms in total. The van der Waals surface area contributed by atoms with Gasteiger partial charge in [-0.3, -0.25) is 0 Å². The third-order valence-corrected chi connectivity index (χ3v) is 2.06. The van der Waals surface area contributed by atoms with Crippen LogP contribution in [0.25, 0.3) is 0 Å². The lowest BCUT2D eigenvalue weighted by Gasteiger charge is -2.07. The Labute approximate surface area is 92.2 Å². The average molecular weight is 207 g/mol. The van der Waals surface area contributed by atoms with Crippen LogP contribution in [0.15, 0.2) is 12.1 Å². The van der Waals surface area contributed by atoms with E-state index >= 15 is 0 Å². The first-order chi connectivity index (χ1) is 7.69. The van der Waals surface area contributed by atoms with Crippen molar-refractivity contribution in [2.45, 2.75) is 6.04 Å². The first-order valence-electron chi connectivity index (χ1n) is 4.22. The zero-order valence-corrected chi connectivity index (χ0v) is 8.10. The molecule has 1 aromatic carbocycles. The predicted molar refractivity (Wildman–Crippen MR) is 53.1 cm³/mol. The Morgan fingerprint density at radius 2 is 1.56 bits per heavy atom. The lowest BCUT2D eigenvalue weighted by atomic mass is 9.94. The van der Waals surface area contributed by atoms with Crippen LogP contribution in [0.5, 0.6) is 0 Å². The monoisotopic (exact) mass is 207 g/mol. The summed E-state index contributed by atoms with van der Waals surface area (Å²) < 4.78 is 0. The van der Waals surface area contributed by atoms with Crippen molar-refractivity contribution in [2.24, 2.45) is 5.73 Å². The van der Waals surface area contributed by atoms with Crippen LogP contribution < -0.4 is 5.73 Å². The van der Waals surface area contributed by atoms with Crippen molar-refractivity contribution in [2.75, 3.05) is 0 Å². The van der Waals surface area contributed by atoms with Crippen LogP contribution >= 0.6 is 0 Å². The highest BCUT2D eigenvalue weighted by molar-refractivity contribution is 5.59. The first kappa shape index (κ1) is 11.2. The van der Waals surface area contributed by atoms with Crippen LogP contribution in [0.1, 0.15) is 28.3 Å². The van der Waals surface area contributed by atoms with Crippen LogP contribution in [0.3, 0.4) is 0 Å². The van der Waals surface area contributed by atoms with E-state index in [1.807, 2.05) is 6.07 Å². The van der Waals surface area contributed by atoms with Gasteiger partial charge in [-0.1, -0.05) is 6.07 Å². The number of hydrogen-bond donors (Lipinski definition) is 1. The van der Waals surface area contributed by atoms with Crippen LogP contribution in [0, 0.1) is 45.3 Å². The second-order valence-electron chi connectivity index (χ2n) is 2.89. The molecule has 1 atom stereocenters. The fourth-order valence-corrected chi connectivity index (χ4v) is 1.28. The van der Waals surface area contributed by atoms with Crippen molar-refractivity contribution in [3.05, 3.63) is 34.4 Å². The van der Waals surface area contributed by atoms with Gasteiger partial charge in [-0.05, 0) is 6.07 Å². The van der Waals surface area contributed by atoms with Gasteiger partial charge in [-0.2, -0.15) is 21.0 Å². The number of nitrogens with zero attached hydrogens (tertiary/aromatic N) is 4. The van der Waals surface area contributed by atoms with Gasteiger partial charge in [0.05, 0.1) is 22.8 Å². The summed E-state index contributed by atoms with van der Waals surface area (Å²) in [6.45, 7) is 0. The van der Waals surface area contributed by atoms with Crippen molar-refractivity contribution >= 4 is 0 Å². The topological polar surface area (TPSA) is 121 Å². The maximum atomic E-state index is 8.92. The van der Waals surface area contributed by atoms with E-state index in [0.717, 1.165) is 0 Å². The maximum absolute atomic E-state index is 8.92. The minimum absolute atomic E-state index is 0.00407. The van der Waals surface area contributed by atoms with Crippen LogP contribution in [0.2, 0.25) is 0 Å². The van der Waals surface area contributed by atoms with E-state index < -0.39 is 6.04 Å². The van der Waals surface area contributed by atoms with Gasteiger partial charge in [-0.15, -0.1) is 0 Å². The third kappa shape index (κ3) is 1.68. The first-order valence-corrected chi connectivity index (χ1v) is 4.22. The summed E-state index contributed by atoms with van der Waals surface area (Å²) >= 11 is 0. The summed E-state index contributed by atoms with van der Waals surface area (Å²) in [6.07, 6.45) is 0. The molecule has 0 aliphatic rings. The molecule has 0 aliphatic heterocycles. The molecule has 0 saturated carbocycles. The highest BCUT2D eigenvalue weighted by Crippen LogP contribution is 2.21. The van der Waals surface area contributed by atoms with E-state index in [4.69, 9.17) is 26.8 Å². The number of benzene rings is 1. The summed E-state index contributed by atoms with van der Waals surface area (Å²) in [5.41, 5.74) is 5.81. The standard InChI is InChI=1S/C11H5N5/c12-3-7-1-2-8(11(16)6-15)10(5-14)9(7)4-13/h1-2,11H,16H2. The van der Waals surface area contributed by atoms with E-state index in [1.54, 1.807) is 18.2 Å². The zero-order valence-electron chi connectivity index (χ0n) is 8.10. The molecule has 0 aliphatic carbocycles. The van der Waals surface area contributed by atoms with Gasteiger partial charge in [0.25, 0.3) is 0 Å². The molecule has 0 radical (unpaired) electrons. The van der Waals surface area contributed by atoms with Gasteiger partial charge in [0.2, 0.25) is 0 Å². The molecule has 0 aromatic heterocycles. The molecule has 2 N–H and O–H groups in total. The van der Waals surface area contributed by atoms with Crippen LogP contribution in [-0.2, 0) is 0 Å². The second kappa shape index (κ2) is 4.58. The van der Waals surface area contributed by atoms with Crippen molar-refractivity contribution in [3.8, 4) is 24.3 Å². The average Bonchev–Trinajstić information content (AvgIpc) is 2.35. The quantitative estimate of drug-likeness (QED) is 0.730. The molecule has 1 unspecified atom stereocenters. The fourth-order valence-electron chi connectivity index (χ4n) is 1.28. The summed E-state index contributed by atoms with van der Waals surface area (Å²) in [7, 11) is 0. The van der Waals surface area contributed by atoms with Crippen molar-refractivity contribution < 1.29 is 0 Å². The predicted octanol–water partition coefficient (Wildman–Crippen LogP) is 0.825. The van der Waals surface area contributed by atoms with E-state index in [-0.39, 0.29) is 22.3 Å². The second-order valence-corrected chi connectivity index (χ2v) is 2.89. The molecular weight excluding hydrogens is 202 g/mol. The third-order valence-electron chi connectivity index (χ3n) is 2.06. The molecule has 0 amide bonds. The minimum Gasteiger partial charge on any atom is -0.312 e. The Kier molecular flexibility index (Phi) is 3.21. The SMILES string of the molecule is N#Cc1ccc(C(N)C#N)c(C#N)c1C#N. The van der Waals surface area contributed by atoms with Gasteiger partial charge in [0.1, 0.15) is 24.2 Å². The molecule has 0 fully saturated rings. The Balaban J connectivity index is 3.63. The number of rotatable bonds is 1. The summed E-state index contributed by atoms with van der Waals surface area (Å²) in [6, 6.07) is 8.99. The highest BCUT2D eigenvalue weighted by Gasteiger charge is 2.17. The van der Waals surface area contributed by atoms with E-state index in [2.05, 4.69) is 0 Å². The van der Waals surface area contributed by atoms with E-state index in [0.29, 0.717) is 0 Å². The molecule has 1 aromatic rings. The molecule has 0 spiro atoms. The molecule has 74 valence electrons. The largest absolute Gasteiger partial charge is 0.312 e. The van der Waals surface area contributed by atoms with E-state index in [1.165, 1.54) is 12.1 Å². The smallest absolute Gasteiger partial charge is 0.120 e. The van der Waals surface area contributed by atoms with Gasteiger partial charge < -0.3 is 5.73 Å². The van der Waals surface area contributed by atoms with Crippen molar-refractivity contribution in [1.82, 2.24) is 0 Å². The molecule has 1 rings (SSSR count). The summed E-state index contributed by atoms with van der Waals surface area (Å²) in [4.78, 5) is 0. The lowest BCUT2D eigenvalue weighted by Crippen LogP contribution is -2.10. The summed E-state index contributed by atoms with van der Waals surface area (Å²) in [5.74, 6) is 0.